The molecule has 0 aromatic heterocycles. The van der Waals surface area contributed by atoms with Crippen molar-refractivity contribution >= 4 is 80.1 Å². The molecule has 0 aliphatic heterocycles. The van der Waals surface area contributed by atoms with Gasteiger partial charge >= 0.3 is 5.97 Å². The number of carboxylic acids is 1. The second-order valence-corrected chi connectivity index (χ2v) is 9.14. The minimum absolute atomic E-state index is 0.0168. The van der Waals surface area contributed by atoms with Gasteiger partial charge in [0.1, 0.15) is 12.4 Å². The predicted octanol–water partition coefficient (Wildman–Crippen LogP) is 5.30. The van der Waals surface area contributed by atoms with Crippen LogP contribution in [0.15, 0.2) is 66.7 Å². The molecule has 0 spiro atoms. The Labute approximate surface area is 211 Å². The summed E-state index contributed by atoms with van der Waals surface area (Å²) in [6, 6.07) is 19.8. The van der Waals surface area contributed by atoms with Crippen LogP contribution < -0.4 is 15.4 Å². The Kier molecular flexibility index (Phi) is 8.21. The molecule has 0 heterocycles. The molecule has 3 aromatic carbocycles. The first-order chi connectivity index (χ1) is 14.8. The summed E-state index contributed by atoms with van der Waals surface area (Å²) in [5, 5.41) is 14.9. The fourth-order valence-electron chi connectivity index (χ4n) is 2.63. The molecule has 0 saturated carbocycles. The summed E-state index contributed by atoms with van der Waals surface area (Å²) in [6.45, 7) is 0.384. The molecule has 3 aromatic rings. The molecule has 3 N–H and O–H groups in total. The number of carbonyl (C=O) groups excluding carboxylic acids is 1. The second kappa shape index (κ2) is 10.9. The van der Waals surface area contributed by atoms with Crippen molar-refractivity contribution in [1.82, 2.24) is 5.32 Å². The molecule has 0 unspecified atom stereocenters. The summed E-state index contributed by atoms with van der Waals surface area (Å²) >= 11 is 9.28. The number of rotatable bonds is 6. The van der Waals surface area contributed by atoms with Crippen LogP contribution in [0.2, 0.25) is 0 Å². The van der Waals surface area contributed by atoms with Crippen molar-refractivity contribution in [2.45, 2.75) is 6.61 Å². The van der Waals surface area contributed by atoms with Gasteiger partial charge in [0.25, 0.3) is 5.91 Å². The topological polar surface area (TPSA) is 87.7 Å². The van der Waals surface area contributed by atoms with Crippen LogP contribution in [0.5, 0.6) is 5.75 Å². The highest BCUT2D eigenvalue weighted by molar-refractivity contribution is 14.1. The molecule has 3 rings (SSSR count). The monoisotopic (exact) mass is 658 g/mol. The maximum absolute atomic E-state index is 12.5. The number of carbonyl (C=O) groups is 2. The molecular formula is C22H16I2N2O4S. The normalized spacial score (nSPS) is 10.3. The Hall–Kier alpha value is -2.25. The van der Waals surface area contributed by atoms with Gasteiger partial charge < -0.3 is 15.2 Å². The molecule has 0 atom stereocenters. The lowest BCUT2D eigenvalue weighted by Crippen LogP contribution is -2.34. The van der Waals surface area contributed by atoms with Crippen LogP contribution in [-0.2, 0) is 6.61 Å². The largest absolute Gasteiger partial charge is 0.489 e. The van der Waals surface area contributed by atoms with Gasteiger partial charge in [0, 0.05) is 12.7 Å². The number of anilines is 1. The van der Waals surface area contributed by atoms with Gasteiger partial charge in [0.2, 0.25) is 0 Å². The SMILES string of the molecule is O=C(NC(=S)Nc1c(I)cc(I)cc1C(=O)O)c1ccc(COc2ccccc2)cc1. The molecule has 0 fully saturated rings. The number of hydrogen-bond donors (Lipinski definition) is 3. The van der Waals surface area contributed by atoms with E-state index in [0.29, 0.717) is 21.4 Å². The molecule has 0 aliphatic carbocycles. The Bertz CT molecular complexity index is 1120. The molecule has 0 radical (unpaired) electrons. The van der Waals surface area contributed by atoms with Gasteiger partial charge in [-0.05, 0) is 99.4 Å². The smallest absolute Gasteiger partial charge is 0.337 e. The molecule has 1 amide bonds. The standard InChI is InChI=1S/C22H16I2N2O4S/c23-15-10-17(21(28)29)19(18(24)11-15)25-22(31)26-20(27)14-8-6-13(7-9-14)12-30-16-4-2-1-3-5-16/h1-11H,12H2,(H,28,29)(H2,25,26,27,31). The zero-order valence-electron chi connectivity index (χ0n) is 15.9. The summed E-state index contributed by atoms with van der Waals surface area (Å²) in [5.74, 6) is -0.710. The van der Waals surface area contributed by atoms with E-state index < -0.39 is 11.9 Å². The van der Waals surface area contributed by atoms with Crippen molar-refractivity contribution < 1.29 is 19.4 Å². The summed E-state index contributed by atoms with van der Waals surface area (Å²) < 4.78 is 7.16. The van der Waals surface area contributed by atoms with Crippen LogP contribution in [0, 0.1) is 7.14 Å². The fraction of sp³-hybridized carbons (Fsp3) is 0.0455. The lowest BCUT2D eigenvalue weighted by Gasteiger charge is -2.14. The van der Waals surface area contributed by atoms with Crippen LogP contribution >= 0.6 is 57.4 Å². The predicted molar refractivity (Wildman–Crippen MR) is 140 cm³/mol. The van der Waals surface area contributed by atoms with Crippen LogP contribution in [0.25, 0.3) is 0 Å². The first-order valence-corrected chi connectivity index (χ1v) is 11.5. The van der Waals surface area contributed by atoms with E-state index in [1.807, 2.05) is 81.6 Å². The lowest BCUT2D eigenvalue weighted by molar-refractivity contribution is 0.0697. The van der Waals surface area contributed by atoms with Gasteiger partial charge in [-0.2, -0.15) is 0 Å². The average molecular weight is 658 g/mol. The number of halogens is 2. The lowest BCUT2D eigenvalue weighted by atomic mass is 10.1. The highest BCUT2D eigenvalue weighted by Crippen LogP contribution is 2.26. The van der Waals surface area contributed by atoms with Crippen LogP contribution in [0.1, 0.15) is 26.3 Å². The molecular weight excluding hydrogens is 642 g/mol. The Morgan fingerprint density at radius 1 is 1.00 bits per heavy atom. The first-order valence-electron chi connectivity index (χ1n) is 8.95. The number of para-hydroxylation sites is 1. The van der Waals surface area contributed by atoms with Gasteiger partial charge in [-0.1, -0.05) is 30.3 Å². The summed E-state index contributed by atoms with van der Waals surface area (Å²) in [7, 11) is 0. The number of thiocarbonyl (C=S) groups is 1. The molecule has 0 aliphatic rings. The number of ether oxygens (including phenoxy) is 1. The van der Waals surface area contributed by atoms with Crippen molar-refractivity contribution in [2.75, 3.05) is 5.32 Å². The van der Waals surface area contributed by atoms with Crippen molar-refractivity contribution in [3.8, 4) is 5.75 Å². The number of benzene rings is 3. The van der Waals surface area contributed by atoms with E-state index >= 15 is 0 Å². The minimum atomic E-state index is -1.08. The molecule has 9 heteroatoms. The van der Waals surface area contributed by atoms with E-state index in [4.69, 9.17) is 17.0 Å². The molecule has 31 heavy (non-hydrogen) atoms. The zero-order chi connectivity index (χ0) is 22.4. The number of aromatic carboxylic acids is 1. The Balaban J connectivity index is 1.61. The third-order valence-corrected chi connectivity index (χ3v) is 5.79. The number of nitrogens with one attached hydrogen (secondary N) is 2. The molecule has 6 nitrogen and oxygen atoms in total. The van der Waals surface area contributed by atoms with E-state index in [-0.39, 0.29) is 10.7 Å². The number of carboxylic acid groups (broad SMARTS) is 1. The highest BCUT2D eigenvalue weighted by Gasteiger charge is 2.17. The van der Waals surface area contributed by atoms with Crippen molar-refractivity contribution in [3.63, 3.8) is 0 Å². The molecule has 0 saturated heterocycles. The van der Waals surface area contributed by atoms with E-state index in [9.17, 15) is 14.7 Å². The minimum Gasteiger partial charge on any atom is -0.489 e. The average Bonchev–Trinajstić information content (AvgIpc) is 2.75. The van der Waals surface area contributed by atoms with Crippen molar-refractivity contribution in [3.05, 3.63) is 90.6 Å². The molecule has 0 bridgehead atoms. The summed E-state index contributed by atoms with van der Waals surface area (Å²) in [4.78, 5) is 24.0. The van der Waals surface area contributed by atoms with E-state index in [1.165, 1.54) is 6.07 Å². The van der Waals surface area contributed by atoms with E-state index in [1.54, 1.807) is 24.3 Å². The van der Waals surface area contributed by atoms with Crippen molar-refractivity contribution in [2.24, 2.45) is 0 Å². The molecule has 158 valence electrons. The summed E-state index contributed by atoms with van der Waals surface area (Å²) in [5.41, 5.74) is 1.76. The fourth-order valence-corrected chi connectivity index (χ4v) is 4.80. The Morgan fingerprint density at radius 3 is 2.32 bits per heavy atom. The summed E-state index contributed by atoms with van der Waals surface area (Å²) in [6.07, 6.45) is 0. The first kappa shape index (κ1) is 23.4. The van der Waals surface area contributed by atoms with Gasteiger partial charge in [-0.15, -0.1) is 0 Å². The number of hydrogen-bond acceptors (Lipinski definition) is 4. The van der Waals surface area contributed by atoms with Gasteiger partial charge in [0.05, 0.1) is 11.3 Å². The highest BCUT2D eigenvalue weighted by atomic mass is 127. The Morgan fingerprint density at radius 2 is 1.68 bits per heavy atom. The van der Waals surface area contributed by atoms with Crippen LogP contribution in [0.3, 0.4) is 0 Å². The zero-order valence-corrected chi connectivity index (χ0v) is 21.0. The van der Waals surface area contributed by atoms with Crippen molar-refractivity contribution in [1.29, 1.82) is 0 Å². The quantitative estimate of drug-likeness (QED) is 0.247. The van der Waals surface area contributed by atoms with Gasteiger partial charge in [0.15, 0.2) is 5.11 Å². The van der Waals surface area contributed by atoms with Gasteiger partial charge in [-0.25, -0.2) is 4.79 Å². The van der Waals surface area contributed by atoms with E-state index in [0.717, 1.165) is 14.9 Å². The van der Waals surface area contributed by atoms with Crippen LogP contribution in [0.4, 0.5) is 5.69 Å². The maximum atomic E-state index is 12.5. The second-order valence-electron chi connectivity index (χ2n) is 6.32. The third kappa shape index (κ3) is 6.61. The number of amides is 1. The third-order valence-electron chi connectivity index (χ3n) is 4.12. The van der Waals surface area contributed by atoms with Gasteiger partial charge in [-0.3, -0.25) is 10.1 Å². The maximum Gasteiger partial charge on any atom is 0.337 e. The van der Waals surface area contributed by atoms with E-state index in [2.05, 4.69) is 10.6 Å². The van der Waals surface area contributed by atoms with Crippen LogP contribution in [-0.4, -0.2) is 22.1 Å².